The molecule has 1 saturated carbocycles. The van der Waals surface area contributed by atoms with Gasteiger partial charge in [0.1, 0.15) is 0 Å². The molecule has 2 aromatic heterocycles. The van der Waals surface area contributed by atoms with Crippen LogP contribution in [0, 0.1) is 12.8 Å². The van der Waals surface area contributed by atoms with Crippen molar-refractivity contribution in [3.8, 4) is 0 Å². The molecule has 0 spiro atoms. The van der Waals surface area contributed by atoms with Crippen LogP contribution in [-0.4, -0.2) is 34.0 Å². The molecule has 4 rings (SSSR count). The number of piperidine rings is 1. The van der Waals surface area contributed by atoms with Crippen molar-refractivity contribution < 1.29 is 13.7 Å². The van der Waals surface area contributed by atoms with Gasteiger partial charge in [-0.1, -0.05) is 18.0 Å². The Balaban J connectivity index is 1.50. The molecule has 1 aliphatic heterocycles. The number of halogens is 1. The first-order chi connectivity index (χ1) is 11.6. The molecule has 1 aliphatic carbocycles. The Morgan fingerprint density at radius 1 is 1.38 bits per heavy atom. The molecule has 0 atom stereocenters. The summed E-state index contributed by atoms with van der Waals surface area (Å²) in [5, 5.41) is 4.21. The van der Waals surface area contributed by atoms with Crippen LogP contribution < -0.4 is 0 Å². The molecular formula is C17H20BrN3O3. The number of hydrogen-bond acceptors (Lipinski definition) is 5. The fourth-order valence-corrected chi connectivity index (χ4v) is 3.94. The quantitative estimate of drug-likeness (QED) is 0.791. The molecule has 0 N–H and O–H groups in total. The van der Waals surface area contributed by atoms with Crippen LogP contribution in [0.25, 0.3) is 0 Å². The summed E-state index contributed by atoms with van der Waals surface area (Å²) < 4.78 is 11.2. The summed E-state index contributed by atoms with van der Waals surface area (Å²) in [5.41, 5.74) is -0.0561. The highest BCUT2D eigenvalue weighted by Gasteiger charge is 2.44. The van der Waals surface area contributed by atoms with E-state index in [1.165, 1.54) is 12.8 Å². The van der Waals surface area contributed by atoms with E-state index in [9.17, 15) is 4.79 Å². The molecule has 3 heterocycles. The number of carbonyl (C=O) groups excluding carboxylic acids is 1. The SMILES string of the molecule is Cc1nc(C2(CC3CC3)CCN(C(=O)c3ccc(Br)o3)CC2)no1. The first-order valence-electron chi connectivity index (χ1n) is 8.41. The Labute approximate surface area is 148 Å². The number of carbonyl (C=O) groups is 1. The van der Waals surface area contributed by atoms with Gasteiger partial charge in [0, 0.05) is 25.4 Å². The third-order valence-corrected chi connectivity index (χ3v) is 5.60. The zero-order valence-corrected chi connectivity index (χ0v) is 15.2. The molecule has 6 nitrogen and oxygen atoms in total. The number of likely N-dealkylation sites (tertiary alicyclic amines) is 1. The van der Waals surface area contributed by atoms with Crippen LogP contribution >= 0.6 is 15.9 Å². The molecule has 128 valence electrons. The number of furan rings is 1. The van der Waals surface area contributed by atoms with Gasteiger partial charge in [0.05, 0.1) is 0 Å². The number of rotatable bonds is 4. The minimum atomic E-state index is -0.0561. The Bertz CT molecular complexity index is 742. The summed E-state index contributed by atoms with van der Waals surface area (Å²) in [5.74, 6) is 2.53. The van der Waals surface area contributed by atoms with Gasteiger partial charge in [-0.05, 0) is 53.2 Å². The standard InChI is InChI=1S/C17H20BrN3O3/c1-11-19-16(20-24-11)17(10-12-2-3-12)6-8-21(9-7-17)15(22)13-4-5-14(18)23-13/h4-5,12H,2-3,6-10H2,1H3. The van der Waals surface area contributed by atoms with Crippen molar-refractivity contribution in [1.82, 2.24) is 15.0 Å². The molecule has 0 bridgehead atoms. The summed E-state index contributed by atoms with van der Waals surface area (Å²) in [6, 6.07) is 3.46. The van der Waals surface area contributed by atoms with Gasteiger partial charge in [-0.2, -0.15) is 4.98 Å². The van der Waals surface area contributed by atoms with Gasteiger partial charge >= 0.3 is 0 Å². The van der Waals surface area contributed by atoms with E-state index in [0.717, 1.165) is 31.0 Å². The van der Waals surface area contributed by atoms with Crippen LogP contribution in [0.1, 0.15) is 54.4 Å². The lowest BCUT2D eigenvalue weighted by Gasteiger charge is -2.39. The van der Waals surface area contributed by atoms with Crippen LogP contribution in [0.3, 0.4) is 0 Å². The monoisotopic (exact) mass is 393 g/mol. The summed E-state index contributed by atoms with van der Waals surface area (Å²) >= 11 is 3.25. The highest BCUT2D eigenvalue weighted by atomic mass is 79.9. The van der Waals surface area contributed by atoms with Gasteiger partial charge in [0.2, 0.25) is 5.89 Å². The molecule has 0 radical (unpaired) electrons. The fourth-order valence-electron chi connectivity index (χ4n) is 3.63. The molecule has 0 aromatic carbocycles. The first-order valence-corrected chi connectivity index (χ1v) is 9.20. The molecule has 7 heteroatoms. The molecule has 2 aromatic rings. The first kappa shape index (κ1) is 15.9. The number of nitrogens with zero attached hydrogens (tertiary/aromatic N) is 3. The van der Waals surface area contributed by atoms with E-state index >= 15 is 0 Å². The topological polar surface area (TPSA) is 72.4 Å². The van der Waals surface area contributed by atoms with Crippen molar-refractivity contribution in [1.29, 1.82) is 0 Å². The molecule has 1 amide bonds. The van der Waals surface area contributed by atoms with E-state index in [4.69, 9.17) is 8.94 Å². The summed E-state index contributed by atoms with van der Waals surface area (Å²) in [7, 11) is 0. The van der Waals surface area contributed by atoms with Crippen LogP contribution in [0.2, 0.25) is 0 Å². The third kappa shape index (κ3) is 3.01. The Kier molecular flexibility index (Phi) is 3.98. The number of aromatic nitrogens is 2. The van der Waals surface area contributed by atoms with Gasteiger partial charge < -0.3 is 13.8 Å². The highest BCUT2D eigenvalue weighted by molar-refractivity contribution is 9.10. The van der Waals surface area contributed by atoms with Crippen LogP contribution in [-0.2, 0) is 5.41 Å². The number of hydrogen-bond donors (Lipinski definition) is 0. The maximum absolute atomic E-state index is 12.6. The lowest BCUT2D eigenvalue weighted by Crippen LogP contribution is -2.46. The van der Waals surface area contributed by atoms with E-state index < -0.39 is 0 Å². The van der Waals surface area contributed by atoms with E-state index in [1.807, 2.05) is 11.8 Å². The fraction of sp³-hybridized carbons (Fsp3) is 0.588. The smallest absolute Gasteiger partial charge is 0.289 e. The molecule has 2 aliphatic rings. The van der Waals surface area contributed by atoms with Crippen molar-refractivity contribution in [3.05, 3.63) is 34.3 Å². The van der Waals surface area contributed by atoms with Crippen LogP contribution in [0.15, 0.2) is 25.7 Å². The van der Waals surface area contributed by atoms with E-state index in [-0.39, 0.29) is 11.3 Å². The van der Waals surface area contributed by atoms with E-state index in [0.29, 0.717) is 29.4 Å². The Morgan fingerprint density at radius 3 is 2.67 bits per heavy atom. The summed E-state index contributed by atoms with van der Waals surface area (Å²) in [4.78, 5) is 18.9. The van der Waals surface area contributed by atoms with E-state index in [1.54, 1.807) is 12.1 Å². The van der Waals surface area contributed by atoms with Crippen molar-refractivity contribution in [3.63, 3.8) is 0 Å². The van der Waals surface area contributed by atoms with Crippen molar-refractivity contribution in [2.75, 3.05) is 13.1 Å². The summed E-state index contributed by atoms with van der Waals surface area (Å²) in [6.45, 7) is 3.21. The Hall–Kier alpha value is -1.63. The highest BCUT2D eigenvalue weighted by Crippen LogP contribution is 2.46. The second kappa shape index (κ2) is 6.02. The predicted molar refractivity (Wildman–Crippen MR) is 89.6 cm³/mol. The maximum atomic E-state index is 12.6. The van der Waals surface area contributed by atoms with Crippen LogP contribution in [0.5, 0.6) is 0 Å². The van der Waals surface area contributed by atoms with Gasteiger partial charge in [0.15, 0.2) is 16.3 Å². The zero-order chi connectivity index (χ0) is 16.7. The lowest BCUT2D eigenvalue weighted by atomic mass is 9.73. The van der Waals surface area contributed by atoms with Crippen LogP contribution in [0.4, 0.5) is 0 Å². The number of aryl methyl sites for hydroxylation is 1. The van der Waals surface area contributed by atoms with Gasteiger partial charge in [-0.25, -0.2) is 0 Å². The lowest BCUT2D eigenvalue weighted by molar-refractivity contribution is 0.0613. The minimum absolute atomic E-state index is 0.0509. The van der Waals surface area contributed by atoms with Crippen molar-refractivity contribution >= 4 is 21.8 Å². The largest absolute Gasteiger partial charge is 0.444 e. The average molecular weight is 394 g/mol. The second-order valence-corrected chi connectivity index (χ2v) is 7.74. The van der Waals surface area contributed by atoms with Gasteiger partial charge in [0.25, 0.3) is 5.91 Å². The molecule has 24 heavy (non-hydrogen) atoms. The van der Waals surface area contributed by atoms with Gasteiger partial charge in [-0.15, -0.1) is 0 Å². The molecule has 0 unspecified atom stereocenters. The minimum Gasteiger partial charge on any atom is -0.444 e. The average Bonchev–Trinajstić information content (AvgIpc) is 3.09. The van der Waals surface area contributed by atoms with Gasteiger partial charge in [-0.3, -0.25) is 4.79 Å². The maximum Gasteiger partial charge on any atom is 0.289 e. The Morgan fingerprint density at radius 2 is 2.12 bits per heavy atom. The van der Waals surface area contributed by atoms with E-state index in [2.05, 4.69) is 26.1 Å². The molecule has 1 saturated heterocycles. The second-order valence-electron chi connectivity index (χ2n) is 6.96. The molecule has 2 fully saturated rings. The number of amides is 1. The zero-order valence-electron chi connectivity index (χ0n) is 13.6. The molecular weight excluding hydrogens is 374 g/mol. The summed E-state index contributed by atoms with van der Waals surface area (Å²) in [6.07, 6.45) is 5.43. The normalized spacial score (nSPS) is 20.3. The van der Waals surface area contributed by atoms with Crippen molar-refractivity contribution in [2.45, 2.75) is 44.4 Å². The van der Waals surface area contributed by atoms with Crippen molar-refractivity contribution in [2.24, 2.45) is 5.92 Å². The predicted octanol–water partition coefficient (Wildman–Crippen LogP) is 3.71. The third-order valence-electron chi connectivity index (χ3n) is 5.17.